The van der Waals surface area contributed by atoms with Gasteiger partial charge in [-0.25, -0.2) is 4.98 Å². The summed E-state index contributed by atoms with van der Waals surface area (Å²) in [5.41, 5.74) is 1.30. The van der Waals surface area contributed by atoms with Gasteiger partial charge in [0.2, 0.25) is 0 Å². The second kappa shape index (κ2) is 7.28. The first-order valence-electron chi connectivity index (χ1n) is 6.58. The zero-order chi connectivity index (χ0) is 12.7. The highest BCUT2D eigenvalue weighted by Gasteiger charge is 2.08. The van der Waals surface area contributed by atoms with Gasteiger partial charge in [0, 0.05) is 25.8 Å². The maximum absolute atomic E-state index is 4.47. The zero-order valence-corrected chi connectivity index (χ0v) is 11.5. The molecule has 0 radical (unpaired) electrons. The van der Waals surface area contributed by atoms with Crippen molar-refractivity contribution in [1.82, 2.24) is 10.3 Å². The lowest BCUT2D eigenvalue weighted by Crippen LogP contribution is -2.28. The summed E-state index contributed by atoms with van der Waals surface area (Å²) in [6.45, 7) is 12.8. The van der Waals surface area contributed by atoms with Crippen LogP contribution in [0.3, 0.4) is 0 Å². The van der Waals surface area contributed by atoms with E-state index in [0.29, 0.717) is 5.92 Å². The van der Waals surface area contributed by atoms with Crippen molar-refractivity contribution in [1.29, 1.82) is 0 Å². The lowest BCUT2D eigenvalue weighted by atomic mass is 10.2. The van der Waals surface area contributed by atoms with E-state index in [4.69, 9.17) is 0 Å². The van der Waals surface area contributed by atoms with Crippen LogP contribution in [0.25, 0.3) is 0 Å². The van der Waals surface area contributed by atoms with Gasteiger partial charge in [0.15, 0.2) is 0 Å². The topological polar surface area (TPSA) is 28.2 Å². The molecule has 0 unspecified atom stereocenters. The van der Waals surface area contributed by atoms with Gasteiger partial charge >= 0.3 is 0 Å². The Labute approximate surface area is 105 Å². The van der Waals surface area contributed by atoms with Crippen molar-refractivity contribution in [3.05, 3.63) is 23.9 Å². The summed E-state index contributed by atoms with van der Waals surface area (Å²) in [4.78, 5) is 6.80. The number of rotatable bonds is 7. The molecule has 0 aliphatic heterocycles. The van der Waals surface area contributed by atoms with Crippen LogP contribution in [-0.2, 0) is 6.54 Å². The Hall–Kier alpha value is -1.09. The predicted molar refractivity (Wildman–Crippen MR) is 74.3 cm³/mol. The highest BCUT2D eigenvalue weighted by atomic mass is 15.2. The number of aromatic nitrogens is 1. The normalized spacial score (nSPS) is 10.9. The monoisotopic (exact) mass is 235 g/mol. The third-order valence-corrected chi connectivity index (χ3v) is 2.68. The van der Waals surface area contributed by atoms with Crippen molar-refractivity contribution in [3.63, 3.8) is 0 Å². The number of hydrogen-bond acceptors (Lipinski definition) is 3. The van der Waals surface area contributed by atoms with Crippen LogP contribution < -0.4 is 10.2 Å². The fraction of sp³-hybridized carbons (Fsp3) is 0.643. The van der Waals surface area contributed by atoms with Gasteiger partial charge < -0.3 is 10.2 Å². The lowest BCUT2D eigenvalue weighted by molar-refractivity contribution is 0.614. The standard InChI is InChI=1S/C14H25N3/c1-5-15-10-13-7-8-16-14(9-13)17(6-2)11-12(3)4/h7-9,12,15H,5-6,10-11H2,1-4H3. The molecule has 1 aromatic rings. The van der Waals surface area contributed by atoms with Gasteiger partial charge in [-0.05, 0) is 37.1 Å². The summed E-state index contributed by atoms with van der Waals surface area (Å²) in [6.07, 6.45) is 1.91. The first-order valence-corrected chi connectivity index (χ1v) is 6.58. The summed E-state index contributed by atoms with van der Waals surface area (Å²) >= 11 is 0. The second-order valence-electron chi connectivity index (χ2n) is 4.74. The molecule has 1 N–H and O–H groups in total. The van der Waals surface area contributed by atoms with Crippen LogP contribution in [0.15, 0.2) is 18.3 Å². The molecular formula is C14H25N3. The Kier molecular flexibility index (Phi) is 5.98. The minimum Gasteiger partial charge on any atom is -0.357 e. The number of hydrogen-bond donors (Lipinski definition) is 1. The van der Waals surface area contributed by atoms with E-state index in [1.807, 2.05) is 6.20 Å². The molecule has 3 nitrogen and oxygen atoms in total. The van der Waals surface area contributed by atoms with Crippen molar-refractivity contribution in [3.8, 4) is 0 Å². The smallest absolute Gasteiger partial charge is 0.128 e. The predicted octanol–water partition coefficient (Wildman–Crippen LogP) is 2.67. The van der Waals surface area contributed by atoms with E-state index in [1.54, 1.807) is 0 Å². The van der Waals surface area contributed by atoms with Crippen LogP contribution in [0.4, 0.5) is 5.82 Å². The van der Waals surface area contributed by atoms with E-state index in [0.717, 1.165) is 32.0 Å². The van der Waals surface area contributed by atoms with Gasteiger partial charge in [-0.1, -0.05) is 20.8 Å². The van der Waals surface area contributed by atoms with E-state index < -0.39 is 0 Å². The van der Waals surface area contributed by atoms with Crippen molar-refractivity contribution in [2.75, 3.05) is 24.5 Å². The Morgan fingerprint density at radius 1 is 1.35 bits per heavy atom. The van der Waals surface area contributed by atoms with Crippen LogP contribution in [0, 0.1) is 5.92 Å². The molecule has 0 bridgehead atoms. The lowest BCUT2D eigenvalue weighted by Gasteiger charge is -2.24. The van der Waals surface area contributed by atoms with Gasteiger partial charge in [0.05, 0.1) is 0 Å². The molecule has 96 valence electrons. The first kappa shape index (κ1) is 14.0. The molecule has 0 aliphatic carbocycles. The van der Waals surface area contributed by atoms with Gasteiger partial charge in [0.25, 0.3) is 0 Å². The summed E-state index contributed by atoms with van der Waals surface area (Å²) < 4.78 is 0. The largest absolute Gasteiger partial charge is 0.357 e. The minimum atomic E-state index is 0.661. The summed E-state index contributed by atoms with van der Waals surface area (Å²) in [5.74, 6) is 1.76. The van der Waals surface area contributed by atoms with Crippen LogP contribution in [0.1, 0.15) is 33.3 Å². The molecule has 0 aliphatic rings. The Bertz CT molecular complexity index is 323. The molecule has 0 amide bonds. The van der Waals surface area contributed by atoms with Crippen LogP contribution in [0.2, 0.25) is 0 Å². The molecule has 0 fully saturated rings. The maximum atomic E-state index is 4.47. The molecular weight excluding hydrogens is 210 g/mol. The SMILES string of the molecule is CCNCc1ccnc(N(CC)CC(C)C)c1. The fourth-order valence-corrected chi connectivity index (χ4v) is 1.84. The fourth-order valence-electron chi connectivity index (χ4n) is 1.84. The molecule has 3 heteroatoms. The Morgan fingerprint density at radius 2 is 2.12 bits per heavy atom. The van der Waals surface area contributed by atoms with E-state index >= 15 is 0 Å². The van der Waals surface area contributed by atoms with E-state index in [1.165, 1.54) is 5.56 Å². The third-order valence-electron chi connectivity index (χ3n) is 2.68. The van der Waals surface area contributed by atoms with Crippen LogP contribution in [-0.4, -0.2) is 24.6 Å². The second-order valence-corrected chi connectivity index (χ2v) is 4.74. The van der Waals surface area contributed by atoms with Crippen LogP contribution in [0.5, 0.6) is 0 Å². The summed E-state index contributed by atoms with van der Waals surface area (Å²) in [7, 11) is 0. The Balaban J connectivity index is 2.73. The van der Waals surface area contributed by atoms with Gasteiger partial charge in [-0.3, -0.25) is 0 Å². The Morgan fingerprint density at radius 3 is 2.71 bits per heavy atom. The summed E-state index contributed by atoms with van der Waals surface area (Å²) in [6, 6.07) is 4.27. The quantitative estimate of drug-likeness (QED) is 0.787. The van der Waals surface area contributed by atoms with E-state index in [2.05, 4.69) is 55.0 Å². The highest BCUT2D eigenvalue weighted by molar-refractivity contribution is 5.40. The minimum absolute atomic E-state index is 0.661. The maximum Gasteiger partial charge on any atom is 0.128 e. The van der Waals surface area contributed by atoms with Gasteiger partial charge in [0.1, 0.15) is 5.82 Å². The van der Waals surface area contributed by atoms with Gasteiger partial charge in [-0.15, -0.1) is 0 Å². The molecule has 0 atom stereocenters. The van der Waals surface area contributed by atoms with Crippen LogP contribution >= 0.6 is 0 Å². The number of nitrogens with zero attached hydrogens (tertiary/aromatic N) is 2. The molecule has 1 rings (SSSR count). The van der Waals surface area contributed by atoms with Crippen molar-refractivity contribution in [2.45, 2.75) is 34.2 Å². The average molecular weight is 235 g/mol. The van der Waals surface area contributed by atoms with Gasteiger partial charge in [-0.2, -0.15) is 0 Å². The molecule has 17 heavy (non-hydrogen) atoms. The summed E-state index contributed by atoms with van der Waals surface area (Å²) in [5, 5.41) is 3.34. The zero-order valence-electron chi connectivity index (χ0n) is 11.5. The number of anilines is 1. The highest BCUT2D eigenvalue weighted by Crippen LogP contribution is 2.14. The molecule has 0 spiro atoms. The average Bonchev–Trinajstić information content (AvgIpc) is 2.33. The molecule has 0 saturated heterocycles. The first-order chi connectivity index (χ1) is 8.17. The van der Waals surface area contributed by atoms with Crippen molar-refractivity contribution < 1.29 is 0 Å². The number of nitrogens with one attached hydrogen (secondary N) is 1. The number of pyridine rings is 1. The van der Waals surface area contributed by atoms with E-state index in [-0.39, 0.29) is 0 Å². The third kappa shape index (κ3) is 4.73. The molecule has 0 saturated carbocycles. The van der Waals surface area contributed by atoms with Crippen molar-refractivity contribution >= 4 is 5.82 Å². The molecule has 0 aromatic carbocycles. The van der Waals surface area contributed by atoms with E-state index in [9.17, 15) is 0 Å². The van der Waals surface area contributed by atoms with Crippen molar-refractivity contribution in [2.24, 2.45) is 5.92 Å². The molecule has 1 aromatic heterocycles. The molecule has 1 heterocycles.